The molecule has 1 unspecified atom stereocenters. The summed E-state index contributed by atoms with van der Waals surface area (Å²) in [7, 11) is 0. The molecule has 1 saturated heterocycles. The summed E-state index contributed by atoms with van der Waals surface area (Å²) in [5.41, 5.74) is 2.76. The van der Waals surface area contributed by atoms with Gasteiger partial charge in [0.1, 0.15) is 17.0 Å². The molecule has 4 rings (SSSR count). The van der Waals surface area contributed by atoms with E-state index in [1.807, 2.05) is 18.2 Å². The molecule has 1 aliphatic rings. The van der Waals surface area contributed by atoms with E-state index in [9.17, 15) is 4.79 Å². The van der Waals surface area contributed by atoms with Gasteiger partial charge in [-0.25, -0.2) is 0 Å². The van der Waals surface area contributed by atoms with Gasteiger partial charge in [-0.1, -0.05) is 35.0 Å². The van der Waals surface area contributed by atoms with Gasteiger partial charge < -0.3 is 14.6 Å². The number of hydrogen-bond acceptors (Lipinski definition) is 6. The maximum Gasteiger partial charge on any atom is 0.257 e. The Labute approximate surface area is 190 Å². The minimum Gasteiger partial charge on any atom is -0.379 e. The normalized spacial score (nSPS) is 15.4. The first-order valence-corrected chi connectivity index (χ1v) is 10.8. The van der Waals surface area contributed by atoms with Crippen LogP contribution in [0, 0.1) is 6.92 Å². The first kappa shape index (κ1) is 22.8. The Morgan fingerprint density at radius 2 is 2.07 bits per heavy atom. The Balaban J connectivity index is 0.00000256. The zero-order valence-electron chi connectivity index (χ0n) is 16.5. The van der Waals surface area contributed by atoms with Gasteiger partial charge in [0.05, 0.1) is 24.3 Å². The van der Waals surface area contributed by atoms with Gasteiger partial charge in [0.25, 0.3) is 5.91 Å². The first-order chi connectivity index (χ1) is 14.1. The van der Waals surface area contributed by atoms with Crippen molar-refractivity contribution in [3.63, 3.8) is 0 Å². The number of aryl methyl sites for hydroxylation is 1. The van der Waals surface area contributed by atoms with Crippen LogP contribution in [0.25, 0.3) is 11.3 Å². The van der Waals surface area contributed by atoms with E-state index in [1.54, 1.807) is 24.3 Å². The summed E-state index contributed by atoms with van der Waals surface area (Å²) in [6.07, 6.45) is 0. The molecule has 0 bridgehead atoms. The number of halogens is 2. The van der Waals surface area contributed by atoms with Crippen molar-refractivity contribution < 1.29 is 14.1 Å². The van der Waals surface area contributed by atoms with Gasteiger partial charge in [-0.2, -0.15) is 11.3 Å². The number of rotatable bonds is 6. The molecule has 1 aromatic carbocycles. The van der Waals surface area contributed by atoms with Gasteiger partial charge >= 0.3 is 0 Å². The Bertz CT molecular complexity index is 972. The summed E-state index contributed by atoms with van der Waals surface area (Å²) in [6.45, 7) is 5.32. The third kappa shape index (κ3) is 4.87. The average molecular weight is 468 g/mol. The van der Waals surface area contributed by atoms with Crippen LogP contribution in [0.3, 0.4) is 0 Å². The van der Waals surface area contributed by atoms with Crippen molar-refractivity contribution in [1.29, 1.82) is 0 Å². The molecule has 1 N–H and O–H groups in total. The van der Waals surface area contributed by atoms with E-state index in [0.29, 0.717) is 47.4 Å². The monoisotopic (exact) mass is 467 g/mol. The largest absolute Gasteiger partial charge is 0.379 e. The van der Waals surface area contributed by atoms with Crippen LogP contribution in [0.4, 0.5) is 0 Å². The molecule has 0 saturated carbocycles. The van der Waals surface area contributed by atoms with Gasteiger partial charge in [-0.3, -0.25) is 9.69 Å². The van der Waals surface area contributed by atoms with Crippen LogP contribution in [-0.4, -0.2) is 48.8 Å². The van der Waals surface area contributed by atoms with Crippen molar-refractivity contribution in [1.82, 2.24) is 15.4 Å². The van der Waals surface area contributed by atoms with Crippen LogP contribution in [0.15, 0.2) is 45.6 Å². The summed E-state index contributed by atoms with van der Waals surface area (Å²) < 4.78 is 10.8. The summed E-state index contributed by atoms with van der Waals surface area (Å²) in [6, 6.07) is 9.51. The second kappa shape index (κ2) is 10.4. The van der Waals surface area contributed by atoms with Crippen molar-refractivity contribution in [2.24, 2.45) is 0 Å². The molecule has 0 aliphatic carbocycles. The van der Waals surface area contributed by atoms with Crippen LogP contribution in [0.2, 0.25) is 5.02 Å². The number of benzene rings is 1. The fourth-order valence-corrected chi connectivity index (χ4v) is 4.50. The maximum absolute atomic E-state index is 13.1. The van der Waals surface area contributed by atoms with Crippen LogP contribution in [0.5, 0.6) is 0 Å². The molecule has 6 nitrogen and oxygen atoms in total. The fraction of sp³-hybridized carbons (Fsp3) is 0.333. The van der Waals surface area contributed by atoms with E-state index >= 15 is 0 Å². The van der Waals surface area contributed by atoms with Gasteiger partial charge in [0.2, 0.25) is 0 Å². The molecule has 1 atom stereocenters. The molecule has 3 aromatic rings. The second-order valence-electron chi connectivity index (χ2n) is 6.87. The third-order valence-corrected chi connectivity index (χ3v) is 6.12. The quantitative estimate of drug-likeness (QED) is 0.573. The summed E-state index contributed by atoms with van der Waals surface area (Å²) in [5.74, 6) is 0.253. The van der Waals surface area contributed by atoms with Crippen molar-refractivity contribution in [3.05, 3.63) is 63.0 Å². The minimum absolute atomic E-state index is 0. The van der Waals surface area contributed by atoms with Gasteiger partial charge in [0, 0.05) is 25.2 Å². The van der Waals surface area contributed by atoms with Gasteiger partial charge in [0.15, 0.2) is 0 Å². The molecule has 9 heteroatoms. The Kier molecular flexibility index (Phi) is 7.91. The highest BCUT2D eigenvalue weighted by Crippen LogP contribution is 2.31. The van der Waals surface area contributed by atoms with E-state index in [-0.39, 0.29) is 24.4 Å². The molecule has 0 spiro atoms. The number of hydrogen-bond donors (Lipinski definition) is 1. The topological polar surface area (TPSA) is 67.6 Å². The number of nitrogens with zero attached hydrogens (tertiary/aromatic N) is 2. The van der Waals surface area contributed by atoms with Crippen LogP contribution in [-0.2, 0) is 4.74 Å². The Morgan fingerprint density at radius 1 is 1.30 bits per heavy atom. The smallest absolute Gasteiger partial charge is 0.257 e. The highest BCUT2D eigenvalue weighted by Gasteiger charge is 2.26. The number of carbonyl (C=O) groups excluding carboxylic acids is 1. The standard InChI is InChI=1S/C21H22ClN3O3S.ClH/c1-14-19(20(24-28-14)16-4-2-3-5-17(16)22)21(26)23-12-18(15-6-11-29-13-15)25-7-9-27-10-8-25;/h2-6,11,13,18H,7-10,12H2,1H3,(H,23,26);1H. The zero-order valence-corrected chi connectivity index (χ0v) is 18.9. The SMILES string of the molecule is Cc1onc(-c2ccccc2Cl)c1C(=O)NCC(c1ccsc1)N1CCOCC1.Cl. The number of amides is 1. The average Bonchev–Trinajstić information content (AvgIpc) is 3.39. The molecule has 3 heterocycles. The molecule has 0 radical (unpaired) electrons. The van der Waals surface area contributed by atoms with Gasteiger partial charge in [-0.05, 0) is 35.4 Å². The number of aromatic nitrogens is 1. The van der Waals surface area contributed by atoms with Crippen molar-refractivity contribution in [3.8, 4) is 11.3 Å². The maximum atomic E-state index is 13.1. The summed E-state index contributed by atoms with van der Waals surface area (Å²) >= 11 is 7.97. The van der Waals surface area contributed by atoms with E-state index in [2.05, 4.69) is 32.2 Å². The van der Waals surface area contributed by atoms with Gasteiger partial charge in [-0.15, -0.1) is 12.4 Å². The number of nitrogens with one attached hydrogen (secondary N) is 1. The molecule has 1 amide bonds. The van der Waals surface area contributed by atoms with E-state index < -0.39 is 0 Å². The number of carbonyl (C=O) groups is 1. The van der Waals surface area contributed by atoms with Crippen molar-refractivity contribution in [2.45, 2.75) is 13.0 Å². The highest BCUT2D eigenvalue weighted by molar-refractivity contribution is 7.08. The lowest BCUT2D eigenvalue weighted by Crippen LogP contribution is -2.43. The zero-order chi connectivity index (χ0) is 20.2. The molecule has 2 aromatic heterocycles. The molecular formula is C21H23Cl2N3O3S. The third-order valence-electron chi connectivity index (χ3n) is 5.09. The number of ether oxygens (including phenoxy) is 1. The lowest BCUT2D eigenvalue weighted by atomic mass is 10.0. The second-order valence-corrected chi connectivity index (χ2v) is 8.06. The molecule has 30 heavy (non-hydrogen) atoms. The van der Waals surface area contributed by atoms with Crippen LogP contribution >= 0.6 is 35.3 Å². The predicted molar refractivity (Wildman–Crippen MR) is 121 cm³/mol. The number of morpholine rings is 1. The first-order valence-electron chi connectivity index (χ1n) is 9.48. The number of thiophene rings is 1. The van der Waals surface area contributed by atoms with Crippen molar-refractivity contribution in [2.75, 3.05) is 32.8 Å². The van der Waals surface area contributed by atoms with Crippen molar-refractivity contribution >= 4 is 41.3 Å². The van der Waals surface area contributed by atoms with Crippen LogP contribution < -0.4 is 5.32 Å². The highest BCUT2D eigenvalue weighted by atomic mass is 35.5. The molecule has 1 aliphatic heterocycles. The predicted octanol–water partition coefficient (Wildman–Crippen LogP) is 4.59. The Hall–Kier alpha value is -1.90. The summed E-state index contributed by atoms with van der Waals surface area (Å²) in [4.78, 5) is 15.4. The lowest BCUT2D eigenvalue weighted by molar-refractivity contribution is 0.0163. The molecule has 1 fully saturated rings. The Morgan fingerprint density at radius 3 is 2.77 bits per heavy atom. The lowest BCUT2D eigenvalue weighted by Gasteiger charge is -2.34. The fourth-order valence-electron chi connectivity index (χ4n) is 3.57. The van der Waals surface area contributed by atoms with E-state index in [1.165, 1.54) is 5.56 Å². The minimum atomic E-state index is -0.216. The van der Waals surface area contributed by atoms with E-state index in [4.69, 9.17) is 20.9 Å². The van der Waals surface area contributed by atoms with Crippen LogP contribution in [0.1, 0.15) is 27.7 Å². The molecule has 160 valence electrons. The summed E-state index contributed by atoms with van der Waals surface area (Å²) in [5, 5.41) is 11.9. The van der Waals surface area contributed by atoms with E-state index in [0.717, 1.165) is 13.1 Å². The molecular weight excluding hydrogens is 445 g/mol.